The van der Waals surface area contributed by atoms with Gasteiger partial charge in [0.25, 0.3) is 0 Å². The summed E-state index contributed by atoms with van der Waals surface area (Å²) in [6.07, 6.45) is 4.60. The fraction of sp³-hybridized carbons (Fsp3) is 0.292. The van der Waals surface area contributed by atoms with Crippen molar-refractivity contribution in [3.63, 3.8) is 0 Å². The van der Waals surface area contributed by atoms with Gasteiger partial charge in [0.05, 0.1) is 26.0 Å². The van der Waals surface area contributed by atoms with Gasteiger partial charge in [-0.1, -0.05) is 30.3 Å². The molecule has 1 aromatic heterocycles. The molecule has 1 aliphatic carbocycles. The Morgan fingerprint density at radius 1 is 0.935 bits per heavy atom. The van der Waals surface area contributed by atoms with Crippen LogP contribution in [0.5, 0.6) is 5.75 Å². The Morgan fingerprint density at radius 3 is 2.32 bits per heavy atom. The van der Waals surface area contributed by atoms with Gasteiger partial charge in [0.1, 0.15) is 17.0 Å². The normalized spacial score (nSPS) is 13.7. The molecular weight excluding hydrogens is 396 g/mol. The third kappa shape index (κ3) is 4.17. The molecule has 0 N–H and O–H groups in total. The number of para-hydroxylation sites is 1. The van der Waals surface area contributed by atoms with Crippen LogP contribution in [0.2, 0.25) is 0 Å². The molecule has 2 aromatic carbocycles. The Kier molecular flexibility index (Phi) is 6.02. The number of hydrogen-bond acceptors (Lipinski definition) is 6. The van der Waals surface area contributed by atoms with E-state index in [0.717, 1.165) is 12.8 Å². The maximum Gasteiger partial charge on any atom is 0.357 e. The Bertz CT molecular complexity index is 1080. The second kappa shape index (κ2) is 9.04. The Labute approximate surface area is 180 Å². The van der Waals surface area contributed by atoms with Crippen molar-refractivity contribution in [3.05, 3.63) is 65.9 Å². The predicted octanol–water partition coefficient (Wildman–Crippen LogP) is 4.43. The topological polar surface area (TPSA) is 79.7 Å². The van der Waals surface area contributed by atoms with Gasteiger partial charge in [-0.25, -0.2) is 14.3 Å². The van der Waals surface area contributed by atoms with Gasteiger partial charge in [-0.05, 0) is 49.9 Å². The lowest BCUT2D eigenvalue weighted by Crippen LogP contribution is -2.15. The van der Waals surface area contributed by atoms with E-state index in [9.17, 15) is 9.59 Å². The monoisotopic (exact) mass is 420 g/mol. The van der Waals surface area contributed by atoms with Gasteiger partial charge in [0.2, 0.25) is 0 Å². The van der Waals surface area contributed by atoms with Crippen molar-refractivity contribution in [2.75, 3.05) is 14.2 Å². The number of methoxy groups -OCH3 is 2. The molecule has 0 radical (unpaired) electrons. The van der Waals surface area contributed by atoms with E-state index in [1.807, 2.05) is 42.5 Å². The summed E-state index contributed by atoms with van der Waals surface area (Å²) >= 11 is 0. The predicted molar refractivity (Wildman–Crippen MR) is 115 cm³/mol. The van der Waals surface area contributed by atoms with Crippen molar-refractivity contribution < 1.29 is 23.8 Å². The summed E-state index contributed by atoms with van der Waals surface area (Å²) in [6, 6.07) is 16.5. The molecule has 0 unspecified atom stereocenters. The first-order chi connectivity index (χ1) is 15.1. The first kappa shape index (κ1) is 20.7. The molecule has 160 valence electrons. The standard InChI is InChI=1S/C24H24N2O5/c1-29-23(27)20-21(16-9-8-14-19(15-16)31-18-12-6-7-13-18)25-26(22(20)24(28)30-2)17-10-4-3-5-11-17/h3-5,8-11,14-15,18H,6-7,12-13H2,1-2H3. The van der Waals surface area contributed by atoms with Gasteiger partial charge < -0.3 is 14.2 Å². The smallest absolute Gasteiger partial charge is 0.357 e. The summed E-state index contributed by atoms with van der Waals surface area (Å²) in [5.41, 5.74) is 1.66. The third-order valence-corrected chi connectivity index (χ3v) is 5.37. The Morgan fingerprint density at radius 2 is 1.65 bits per heavy atom. The number of carbonyl (C=O) groups is 2. The van der Waals surface area contributed by atoms with Gasteiger partial charge in [0.15, 0.2) is 5.69 Å². The molecule has 7 nitrogen and oxygen atoms in total. The first-order valence-electron chi connectivity index (χ1n) is 10.2. The molecule has 0 amide bonds. The van der Waals surface area contributed by atoms with E-state index < -0.39 is 11.9 Å². The van der Waals surface area contributed by atoms with E-state index in [4.69, 9.17) is 14.2 Å². The van der Waals surface area contributed by atoms with E-state index in [-0.39, 0.29) is 17.4 Å². The van der Waals surface area contributed by atoms with Crippen molar-refractivity contribution in [3.8, 4) is 22.7 Å². The van der Waals surface area contributed by atoms with E-state index >= 15 is 0 Å². The summed E-state index contributed by atoms with van der Waals surface area (Å²) in [4.78, 5) is 25.4. The SMILES string of the molecule is COC(=O)c1c(-c2cccc(OC3CCCC3)c2)nn(-c2ccccc2)c1C(=O)OC. The molecular formula is C24H24N2O5. The molecule has 3 aromatic rings. The minimum atomic E-state index is -0.679. The van der Waals surface area contributed by atoms with Crippen molar-refractivity contribution in [1.29, 1.82) is 0 Å². The van der Waals surface area contributed by atoms with Crippen LogP contribution in [0.25, 0.3) is 16.9 Å². The van der Waals surface area contributed by atoms with Crippen molar-refractivity contribution in [2.24, 2.45) is 0 Å². The number of hydrogen-bond donors (Lipinski definition) is 0. The highest BCUT2D eigenvalue weighted by molar-refractivity contribution is 6.06. The number of ether oxygens (including phenoxy) is 3. The average Bonchev–Trinajstić information content (AvgIpc) is 3.47. The molecule has 0 aliphatic heterocycles. The Balaban J connectivity index is 1.86. The molecule has 1 fully saturated rings. The molecule has 1 heterocycles. The second-order valence-corrected chi connectivity index (χ2v) is 7.35. The quantitative estimate of drug-likeness (QED) is 0.549. The van der Waals surface area contributed by atoms with Gasteiger partial charge in [-0.3, -0.25) is 0 Å². The van der Waals surface area contributed by atoms with Crippen molar-refractivity contribution >= 4 is 11.9 Å². The van der Waals surface area contributed by atoms with E-state index in [2.05, 4.69) is 5.10 Å². The fourth-order valence-corrected chi connectivity index (χ4v) is 3.87. The van der Waals surface area contributed by atoms with Gasteiger partial charge in [0, 0.05) is 5.56 Å². The van der Waals surface area contributed by atoms with Gasteiger partial charge >= 0.3 is 11.9 Å². The second-order valence-electron chi connectivity index (χ2n) is 7.35. The maximum atomic E-state index is 12.7. The zero-order chi connectivity index (χ0) is 21.8. The number of benzene rings is 2. The van der Waals surface area contributed by atoms with Gasteiger partial charge in [-0.2, -0.15) is 5.10 Å². The lowest BCUT2D eigenvalue weighted by molar-refractivity contribution is 0.0549. The molecule has 0 bridgehead atoms. The van der Waals surface area contributed by atoms with Crippen LogP contribution in [0.1, 0.15) is 46.5 Å². The summed E-state index contributed by atoms with van der Waals surface area (Å²) in [5, 5.41) is 4.62. The Hall–Kier alpha value is -3.61. The molecule has 4 rings (SSSR count). The zero-order valence-corrected chi connectivity index (χ0v) is 17.5. The average molecular weight is 420 g/mol. The minimum absolute atomic E-state index is 0.0117. The van der Waals surface area contributed by atoms with E-state index in [0.29, 0.717) is 22.7 Å². The molecule has 31 heavy (non-hydrogen) atoms. The first-order valence-corrected chi connectivity index (χ1v) is 10.2. The summed E-state index contributed by atoms with van der Waals surface area (Å²) < 4.78 is 17.5. The van der Waals surface area contributed by atoms with Crippen LogP contribution < -0.4 is 4.74 Å². The highest BCUT2D eigenvalue weighted by atomic mass is 16.5. The van der Waals surface area contributed by atoms with E-state index in [1.54, 1.807) is 12.1 Å². The third-order valence-electron chi connectivity index (χ3n) is 5.37. The van der Waals surface area contributed by atoms with Crippen molar-refractivity contribution in [2.45, 2.75) is 31.8 Å². The van der Waals surface area contributed by atoms with Crippen LogP contribution in [-0.2, 0) is 9.47 Å². The van der Waals surface area contributed by atoms with Crippen LogP contribution >= 0.6 is 0 Å². The number of aromatic nitrogens is 2. The van der Waals surface area contributed by atoms with Crippen LogP contribution in [-0.4, -0.2) is 42.0 Å². The summed E-state index contributed by atoms with van der Waals surface area (Å²) in [5.74, 6) is -0.643. The lowest BCUT2D eigenvalue weighted by Gasteiger charge is -2.13. The summed E-state index contributed by atoms with van der Waals surface area (Å²) in [6.45, 7) is 0. The molecule has 1 saturated carbocycles. The minimum Gasteiger partial charge on any atom is -0.490 e. The van der Waals surface area contributed by atoms with Gasteiger partial charge in [-0.15, -0.1) is 0 Å². The molecule has 7 heteroatoms. The van der Waals surface area contributed by atoms with Crippen LogP contribution in [0.3, 0.4) is 0 Å². The fourth-order valence-electron chi connectivity index (χ4n) is 3.87. The van der Waals surface area contributed by atoms with Crippen LogP contribution in [0, 0.1) is 0 Å². The molecule has 0 spiro atoms. The highest BCUT2D eigenvalue weighted by Crippen LogP contribution is 2.32. The van der Waals surface area contributed by atoms with Crippen LogP contribution in [0.15, 0.2) is 54.6 Å². The van der Waals surface area contributed by atoms with Crippen molar-refractivity contribution in [1.82, 2.24) is 9.78 Å². The van der Waals surface area contributed by atoms with E-state index in [1.165, 1.54) is 31.7 Å². The number of rotatable bonds is 6. The lowest BCUT2D eigenvalue weighted by atomic mass is 10.1. The maximum absolute atomic E-state index is 12.7. The molecule has 1 aliphatic rings. The molecule has 0 saturated heterocycles. The summed E-state index contributed by atoms with van der Waals surface area (Å²) in [7, 11) is 2.54. The number of nitrogens with zero attached hydrogens (tertiary/aromatic N) is 2. The molecule has 0 atom stereocenters. The van der Waals surface area contributed by atoms with Crippen LogP contribution in [0.4, 0.5) is 0 Å². The largest absolute Gasteiger partial charge is 0.490 e. The number of carbonyl (C=O) groups excluding carboxylic acids is 2. The number of esters is 2. The zero-order valence-electron chi connectivity index (χ0n) is 17.5. The highest BCUT2D eigenvalue weighted by Gasteiger charge is 2.31.